The summed E-state index contributed by atoms with van der Waals surface area (Å²) in [6, 6.07) is 0. The molecule has 2 heterocycles. The largest absolute Gasteiger partial charge is 0.342 e. The Balaban J connectivity index is 1.82. The van der Waals surface area contributed by atoms with E-state index in [9.17, 15) is 9.59 Å². The molecule has 0 saturated carbocycles. The molecule has 0 aliphatic carbocycles. The van der Waals surface area contributed by atoms with Crippen molar-refractivity contribution in [2.45, 2.75) is 58.8 Å². The second-order valence-corrected chi connectivity index (χ2v) is 6.50. The molecule has 0 radical (unpaired) electrons. The van der Waals surface area contributed by atoms with Crippen LogP contribution in [0.5, 0.6) is 0 Å². The van der Waals surface area contributed by atoms with Gasteiger partial charge in [-0.1, -0.05) is 13.8 Å². The Hall–Kier alpha value is -1.06. The summed E-state index contributed by atoms with van der Waals surface area (Å²) in [5, 5.41) is 0. The second-order valence-electron chi connectivity index (χ2n) is 6.50. The summed E-state index contributed by atoms with van der Waals surface area (Å²) >= 11 is 0. The van der Waals surface area contributed by atoms with Gasteiger partial charge in [-0.05, 0) is 44.9 Å². The number of piperidine rings is 2. The monoisotopic (exact) mass is 294 g/mol. The Morgan fingerprint density at radius 3 is 2.00 bits per heavy atom. The van der Waals surface area contributed by atoms with Crippen LogP contribution in [0, 0.1) is 11.8 Å². The third kappa shape index (κ3) is 3.98. The number of likely N-dealkylation sites (tertiary alicyclic amines) is 2. The predicted molar refractivity (Wildman–Crippen MR) is 83.8 cm³/mol. The molecule has 2 aliphatic rings. The lowest BCUT2D eigenvalue weighted by Crippen LogP contribution is -2.46. The quantitative estimate of drug-likeness (QED) is 0.800. The van der Waals surface area contributed by atoms with Crippen molar-refractivity contribution in [2.24, 2.45) is 11.8 Å². The minimum atomic E-state index is 0.147. The van der Waals surface area contributed by atoms with Crippen LogP contribution in [0.3, 0.4) is 0 Å². The predicted octanol–water partition coefficient (Wildman–Crippen LogP) is 2.67. The first-order valence-electron chi connectivity index (χ1n) is 8.74. The minimum Gasteiger partial charge on any atom is -0.342 e. The van der Waals surface area contributed by atoms with Gasteiger partial charge in [0.25, 0.3) is 0 Å². The Bertz CT molecular complexity index is 352. The van der Waals surface area contributed by atoms with Gasteiger partial charge in [0.1, 0.15) is 0 Å². The van der Waals surface area contributed by atoms with Crippen molar-refractivity contribution in [3.63, 3.8) is 0 Å². The van der Waals surface area contributed by atoms with Crippen molar-refractivity contribution < 1.29 is 9.59 Å². The molecule has 2 fully saturated rings. The van der Waals surface area contributed by atoms with E-state index in [4.69, 9.17) is 0 Å². The van der Waals surface area contributed by atoms with Gasteiger partial charge in [-0.2, -0.15) is 0 Å². The number of carbonyl (C=O) groups is 2. The standard InChI is InChI=1S/C17H30N2O2/c1-3-14(4-2)16(20)19-12-8-15(9-13-19)17(21)18-10-6-5-7-11-18/h14-15H,3-13H2,1-2H3. The van der Waals surface area contributed by atoms with Crippen LogP contribution in [0.15, 0.2) is 0 Å². The van der Waals surface area contributed by atoms with Crippen LogP contribution >= 0.6 is 0 Å². The summed E-state index contributed by atoms with van der Waals surface area (Å²) in [4.78, 5) is 28.9. The molecule has 120 valence electrons. The summed E-state index contributed by atoms with van der Waals surface area (Å²) < 4.78 is 0. The van der Waals surface area contributed by atoms with E-state index in [2.05, 4.69) is 13.8 Å². The van der Waals surface area contributed by atoms with Gasteiger partial charge in [-0.15, -0.1) is 0 Å². The molecule has 0 aromatic heterocycles. The molecule has 0 bridgehead atoms. The first kappa shape index (κ1) is 16.3. The average molecular weight is 294 g/mol. The lowest BCUT2D eigenvalue weighted by Gasteiger charge is -2.36. The molecule has 2 saturated heterocycles. The van der Waals surface area contributed by atoms with Crippen molar-refractivity contribution in [3.8, 4) is 0 Å². The van der Waals surface area contributed by atoms with Crippen molar-refractivity contribution in [3.05, 3.63) is 0 Å². The van der Waals surface area contributed by atoms with E-state index in [1.807, 2.05) is 9.80 Å². The number of amides is 2. The van der Waals surface area contributed by atoms with Crippen LogP contribution in [-0.2, 0) is 9.59 Å². The maximum Gasteiger partial charge on any atom is 0.225 e. The smallest absolute Gasteiger partial charge is 0.225 e. The summed E-state index contributed by atoms with van der Waals surface area (Å²) in [5.74, 6) is 0.946. The maximum absolute atomic E-state index is 12.5. The highest BCUT2D eigenvalue weighted by molar-refractivity contribution is 5.81. The Morgan fingerprint density at radius 2 is 1.48 bits per heavy atom. The first-order chi connectivity index (χ1) is 10.2. The summed E-state index contributed by atoms with van der Waals surface area (Å²) in [6.45, 7) is 7.56. The minimum absolute atomic E-state index is 0.147. The fraction of sp³-hybridized carbons (Fsp3) is 0.882. The topological polar surface area (TPSA) is 40.6 Å². The zero-order valence-corrected chi connectivity index (χ0v) is 13.6. The number of hydrogen-bond acceptors (Lipinski definition) is 2. The molecule has 21 heavy (non-hydrogen) atoms. The lowest BCUT2D eigenvalue weighted by atomic mass is 9.92. The van der Waals surface area contributed by atoms with Gasteiger partial charge in [0.15, 0.2) is 0 Å². The Morgan fingerprint density at radius 1 is 0.905 bits per heavy atom. The van der Waals surface area contributed by atoms with Crippen molar-refractivity contribution >= 4 is 11.8 Å². The van der Waals surface area contributed by atoms with Crippen LogP contribution in [-0.4, -0.2) is 47.8 Å². The molecule has 4 nitrogen and oxygen atoms in total. The van der Waals surface area contributed by atoms with Gasteiger partial charge >= 0.3 is 0 Å². The highest BCUT2D eigenvalue weighted by atomic mass is 16.2. The molecule has 2 amide bonds. The van der Waals surface area contributed by atoms with E-state index in [1.165, 1.54) is 6.42 Å². The fourth-order valence-corrected chi connectivity index (χ4v) is 3.62. The third-order valence-electron chi connectivity index (χ3n) is 5.16. The van der Waals surface area contributed by atoms with E-state index in [0.29, 0.717) is 11.8 Å². The Labute approximate surface area is 128 Å². The summed E-state index contributed by atoms with van der Waals surface area (Å²) in [5.41, 5.74) is 0. The molecule has 2 aliphatic heterocycles. The van der Waals surface area contributed by atoms with Crippen LogP contribution in [0.1, 0.15) is 58.8 Å². The van der Waals surface area contributed by atoms with Gasteiger partial charge in [-0.3, -0.25) is 9.59 Å². The van der Waals surface area contributed by atoms with Crippen molar-refractivity contribution in [2.75, 3.05) is 26.2 Å². The highest BCUT2D eigenvalue weighted by Crippen LogP contribution is 2.24. The highest BCUT2D eigenvalue weighted by Gasteiger charge is 2.31. The van der Waals surface area contributed by atoms with Crippen molar-refractivity contribution in [1.82, 2.24) is 9.80 Å². The van der Waals surface area contributed by atoms with E-state index in [0.717, 1.165) is 64.7 Å². The van der Waals surface area contributed by atoms with Crippen LogP contribution in [0.2, 0.25) is 0 Å². The fourth-order valence-electron chi connectivity index (χ4n) is 3.62. The molecule has 0 aromatic carbocycles. The molecular weight excluding hydrogens is 264 g/mol. The molecule has 0 atom stereocenters. The number of carbonyl (C=O) groups excluding carboxylic acids is 2. The summed E-state index contributed by atoms with van der Waals surface area (Å²) in [7, 11) is 0. The van der Waals surface area contributed by atoms with E-state index >= 15 is 0 Å². The third-order valence-corrected chi connectivity index (χ3v) is 5.16. The van der Waals surface area contributed by atoms with Gasteiger partial charge in [-0.25, -0.2) is 0 Å². The molecule has 0 spiro atoms. The first-order valence-corrected chi connectivity index (χ1v) is 8.74. The van der Waals surface area contributed by atoms with Crippen molar-refractivity contribution in [1.29, 1.82) is 0 Å². The molecule has 0 aromatic rings. The number of hydrogen-bond donors (Lipinski definition) is 0. The molecular formula is C17H30N2O2. The second kappa shape index (κ2) is 7.81. The van der Waals surface area contributed by atoms with E-state index < -0.39 is 0 Å². The summed E-state index contributed by atoms with van der Waals surface area (Å²) in [6.07, 6.45) is 7.09. The molecule has 2 rings (SSSR count). The van der Waals surface area contributed by atoms with E-state index in [-0.39, 0.29) is 11.8 Å². The lowest BCUT2D eigenvalue weighted by molar-refractivity contribution is -0.143. The molecule has 4 heteroatoms. The van der Waals surface area contributed by atoms with Gasteiger partial charge < -0.3 is 9.80 Å². The number of nitrogens with zero attached hydrogens (tertiary/aromatic N) is 2. The zero-order valence-electron chi connectivity index (χ0n) is 13.6. The Kier molecular flexibility index (Phi) is 6.07. The maximum atomic E-state index is 12.5. The van der Waals surface area contributed by atoms with Gasteiger partial charge in [0.05, 0.1) is 0 Å². The van der Waals surface area contributed by atoms with Gasteiger partial charge in [0.2, 0.25) is 11.8 Å². The van der Waals surface area contributed by atoms with Crippen LogP contribution in [0.4, 0.5) is 0 Å². The van der Waals surface area contributed by atoms with E-state index in [1.54, 1.807) is 0 Å². The van der Waals surface area contributed by atoms with Crippen LogP contribution in [0.25, 0.3) is 0 Å². The van der Waals surface area contributed by atoms with Crippen LogP contribution < -0.4 is 0 Å². The zero-order chi connectivity index (χ0) is 15.2. The number of rotatable bonds is 4. The van der Waals surface area contributed by atoms with Gasteiger partial charge in [0, 0.05) is 38.0 Å². The average Bonchev–Trinajstić information content (AvgIpc) is 2.56. The SMILES string of the molecule is CCC(CC)C(=O)N1CCC(C(=O)N2CCCCC2)CC1. The molecule has 0 N–H and O–H groups in total. The molecule has 0 unspecified atom stereocenters. The normalized spacial score (nSPS) is 20.9.